The molecule has 2 aromatic heterocycles. The molecule has 2 aromatic rings. The first-order valence-electron chi connectivity index (χ1n) is 5.79. The fraction of sp³-hybridized carbons (Fsp3) is 0.600. The van der Waals surface area contributed by atoms with Crippen LogP contribution in [0.15, 0.2) is 10.9 Å². The maximum absolute atomic E-state index is 6.08. The van der Waals surface area contributed by atoms with E-state index in [9.17, 15) is 0 Å². The molecule has 3 rings (SSSR count). The van der Waals surface area contributed by atoms with Crippen LogP contribution in [0.25, 0.3) is 11.6 Å². The number of nitrogens with two attached hydrogens (primary N) is 1. The highest BCUT2D eigenvalue weighted by atomic mass is 16.5. The summed E-state index contributed by atoms with van der Waals surface area (Å²) >= 11 is 0. The van der Waals surface area contributed by atoms with Crippen molar-refractivity contribution in [2.45, 2.75) is 37.6 Å². The zero-order chi connectivity index (χ0) is 11.7. The van der Waals surface area contributed by atoms with Gasteiger partial charge in [0, 0.05) is 6.04 Å². The summed E-state index contributed by atoms with van der Waals surface area (Å²) in [6.45, 7) is 0. The molecular formula is C10H14N6O. The quantitative estimate of drug-likeness (QED) is 0.797. The van der Waals surface area contributed by atoms with Crippen LogP contribution in [0.3, 0.4) is 0 Å². The first-order valence-corrected chi connectivity index (χ1v) is 5.79. The molecule has 2 atom stereocenters. The van der Waals surface area contributed by atoms with Crippen molar-refractivity contribution in [1.82, 2.24) is 25.3 Å². The van der Waals surface area contributed by atoms with E-state index in [0.717, 1.165) is 12.8 Å². The average Bonchev–Trinajstić information content (AvgIpc) is 3.00. The van der Waals surface area contributed by atoms with Gasteiger partial charge < -0.3 is 10.3 Å². The van der Waals surface area contributed by atoms with E-state index in [-0.39, 0.29) is 12.0 Å². The Morgan fingerprint density at radius 2 is 2.24 bits per heavy atom. The maximum Gasteiger partial charge on any atom is 0.239 e. The van der Waals surface area contributed by atoms with Crippen molar-refractivity contribution in [2.24, 2.45) is 5.73 Å². The lowest BCUT2D eigenvalue weighted by molar-refractivity contribution is 0.290. The predicted octanol–water partition coefficient (Wildman–Crippen LogP) is 0.840. The van der Waals surface area contributed by atoms with Gasteiger partial charge in [0.25, 0.3) is 0 Å². The van der Waals surface area contributed by atoms with Crippen molar-refractivity contribution in [1.29, 1.82) is 0 Å². The minimum atomic E-state index is 0.117. The van der Waals surface area contributed by atoms with Gasteiger partial charge in [-0.15, -0.1) is 0 Å². The van der Waals surface area contributed by atoms with E-state index >= 15 is 0 Å². The number of nitrogens with one attached hydrogen (secondary N) is 1. The van der Waals surface area contributed by atoms with Crippen LogP contribution in [0, 0.1) is 0 Å². The Labute approximate surface area is 97.8 Å². The average molecular weight is 234 g/mol. The lowest BCUT2D eigenvalue weighted by Crippen LogP contribution is -2.31. The summed E-state index contributed by atoms with van der Waals surface area (Å²) in [5.74, 6) is 1.75. The van der Waals surface area contributed by atoms with Crippen LogP contribution in [-0.4, -0.2) is 31.4 Å². The van der Waals surface area contributed by atoms with Crippen LogP contribution >= 0.6 is 0 Å². The molecule has 0 spiro atoms. The van der Waals surface area contributed by atoms with Crippen molar-refractivity contribution >= 4 is 0 Å². The number of aromatic nitrogens is 5. The number of nitrogens with zero attached hydrogens (tertiary/aromatic N) is 4. The molecule has 7 heteroatoms. The van der Waals surface area contributed by atoms with Crippen LogP contribution in [0.5, 0.6) is 0 Å². The van der Waals surface area contributed by atoms with Gasteiger partial charge in [-0.25, -0.2) is 4.98 Å². The molecule has 7 nitrogen and oxygen atoms in total. The van der Waals surface area contributed by atoms with Crippen molar-refractivity contribution in [3.63, 3.8) is 0 Å². The highest BCUT2D eigenvalue weighted by molar-refractivity contribution is 5.39. The van der Waals surface area contributed by atoms with Crippen molar-refractivity contribution in [2.75, 3.05) is 0 Å². The minimum absolute atomic E-state index is 0.117. The third-order valence-corrected chi connectivity index (χ3v) is 3.21. The van der Waals surface area contributed by atoms with E-state index in [1.165, 1.54) is 19.2 Å². The highest BCUT2D eigenvalue weighted by Gasteiger charge is 2.28. The Kier molecular flexibility index (Phi) is 2.60. The first-order chi connectivity index (χ1) is 8.34. The highest BCUT2D eigenvalue weighted by Crippen LogP contribution is 2.31. The standard InChI is InChI=1S/C10H14N6O/c11-7-4-2-1-3-6(7)10-14-9(16-17-10)8-12-5-13-15-8/h5-7H,1-4,11H2,(H,12,13,15). The lowest BCUT2D eigenvalue weighted by Gasteiger charge is -2.25. The molecule has 1 aliphatic rings. The number of aromatic amines is 1. The van der Waals surface area contributed by atoms with E-state index in [4.69, 9.17) is 10.3 Å². The lowest BCUT2D eigenvalue weighted by atomic mass is 9.85. The molecule has 2 heterocycles. The van der Waals surface area contributed by atoms with Crippen molar-refractivity contribution < 1.29 is 4.52 Å². The zero-order valence-electron chi connectivity index (χ0n) is 9.33. The summed E-state index contributed by atoms with van der Waals surface area (Å²) in [5.41, 5.74) is 6.08. The Hall–Kier alpha value is -1.76. The summed E-state index contributed by atoms with van der Waals surface area (Å²) in [5, 5.41) is 10.3. The third kappa shape index (κ3) is 1.93. The van der Waals surface area contributed by atoms with Gasteiger partial charge in [-0.1, -0.05) is 18.0 Å². The molecule has 0 aromatic carbocycles. The van der Waals surface area contributed by atoms with Gasteiger partial charge in [-0.3, -0.25) is 5.10 Å². The summed E-state index contributed by atoms with van der Waals surface area (Å²) in [4.78, 5) is 8.32. The molecule has 17 heavy (non-hydrogen) atoms. The van der Waals surface area contributed by atoms with Gasteiger partial charge >= 0.3 is 0 Å². The van der Waals surface area contributed by atoms with Gasteiger partial charge in [-0.2, -0.15) is 10.1 Å². The Balaban J connectivity index is 1.84. The zero-order valence-corrected chi connectivity index (χ0v) is 9.33. The third-order valence-electron chi connectivity index (χ3n) is 3.21. The Morgan fingerprint density at radius 3 is 3.00 bits per heavy atom. The van der Waals surface area contributed by atoms with Crippen LogP contribution in [0.2, 0.25) is 0 Å². The van der Waals surface area contributed by atoms with Gasteiger partial charge in [0.2, 0.25) is 11.7 Å². The van der Waals surface area contributed by atoms with Crippen LogP contribution in [0.4, 0.5) is 0 Å². The minimum Gasteiger partial charge on any atom is -0.338 e. The van der Waals surface area contributed by atoms with Gasteiger partial charge in [-0.05, 0) is 12.8 Å². The summed E-state index contributed by atoms with van der Waals surface area (Å²) in [6, 6.07) is 0.117. The smallest absolute Gasteiger partial charge is 0.239 e. The van der Waals surface area contributed by atoms with E-state index in [1.807, 2.05) is 0 Å². The largest absolute Gasteiger partial charge is 0.338 e. The Bertz CT molecular complexity index is 479. The van der Waals surface area contributed by atoms with Gasteiger partial charge in [0.1, 0.15) is 6.33 Å². The number of H-pyrrole nitrogens is 1. The first kappa shape index (κ1) is 10.4. The van der Waals surface area contributed by atoms with Gasteiger partial charge in [0.05, 0.1) is 5.92 Å². The predicted molar refractivity (Wildman–Crippen MR) is 58.9 cm³/mol. The normalized spacial score (nSPS) is 25.0. The molecule has 0 bridgehead atoms. The second kappa shape index (κ2) is 4.25. The molecule has 0 radical (unpaired) electrons. The molecule has 3 N–H and O–H groups in total. The molecule has 1 aliphatic carbocycles. The number of rotatable bonds is 2. The number of hydrogen-bond acceptors (Lipinski definition) is 6. The Morgan fingerprint density at radius 1 is 1.35 bits per heavy atom. The SMILES string of the molecule is NC1CCCCC1c1nc(-c2ncn[nH]2)no1. The summed E-state index contributed by atoms with van der Waals surface area (Å²) in [7, 11) is 0. The number of hydrogen-bond donors (Lipinski definition) is 2. The molecule has 1 fully saturated rings. The fourth-order valence-corrected chi connectivity index (χ4v) is 2.26. The van der Waals surface area contributed by atoms with Crippen LogP contribution in [0.1, 0.15) is 37.5 Å². The fourth-order valence-electron chi connectivity index (χ4n) is 2.26. The van der Waals surface area contributed by atoms with Crippen LogP contribution < -0.4 is 5.73 Å². The molecule has 2 unspecified atom stereocenters. The summed E-state index contributed by atoms with van der Waals surface area (Å²) < 4.78 is 5.27. The molecule has 0 saturated heterocycles. The van der Waals surface area contributed by atoms with E-state index in [2.05, 4.69) is 25.3 Å². The monoisotopic (exact) mass is 234 g/mol. The molecule has 0 aliphatic heterocycles. The van der Waals surface area contributed by atoms with Crippen molar-refractivity contribution in [3.05, 3.63) is 12.2 Å². The van der Waals surface area contributed by atoms with Gasteiger partial charge in [0.15, 0.2) is 5.82 Å². The van der Waals surface area contributed by atoms with E-state index in [1.54, 1.807) is 0 Å². The van der Waals surface area contributed by atoms with E-state index < -0.39 is 0 Å². The molecule has 1 saturated carbocycles. The maximum atomic E-state index is 6.08. The second-order valence-corrected chi connectivity index (χ2v) is 4.35. The van der Waals surface area contributed by atoms with E-state index in [0.29, 0.717) is 17.5 Å². The second-order valence-electron chi connectivity index (χ2n) is 4.35. The topological polar surface area (TPSA) is 107 Å². The van der Waals surface area contributed by atoms with Crippen molar-refractivity contribution in [3.8, 4) is 11.6 Å². The molecular weight excluding hydrogens is 220 g/mol. The molecule has 0 amide bonds. The van der Waals surface area contributed by atoms with Crippen LogP contribution in [-0.2, 0) is 0 Å². The summed E-state index contributed by atoms with van der Waals surface area (Å²) in [6.07, 6.45) is 5.79. The molecule has 90 valence electrons.